The van der Waals surface area contributed by atoms with Gasteiger partial charge in [-0.15, -0.1) is 0 Å². The number of hydrogen-bond acceptors (Lipinski definition) is 3. The van der Waals surface area contributed by atoms with Crippen LogP contribution in [0.2, 0.25) is 0 Å². The van der Waals surface area contributed by atoms with Gasteiger partial charge in [-0.1, -0.05) is 6.07 Å². The van der Waals surface area contributed by atoms with E-state index >= 15 is 0 Å². The van der Waals surface area contributed by atoms with Crippen molar-refractivity contribution in [3.05, 3.63) is 53.1 Å². The SMILES string of the molecule is CCNC(=NCc1ccnn1C)NCCNC(=O)c1ccc(C)c(F)c1. The highest BCUT2D eigenvalue weighted by Gasteiger charge is 2.07. The van der Waals surface area contributed by atoms with Crippen molar-refractivity contribution in [2.75, 3.05) is 19.6 Å². The van der Waals surface area contributed by atoms with Crippen LogP contribution in [0, 0.1) is 12.7 Å². The van der Waals surface area contributed by atoms with E-state index in [-0.39, 0.29) is 11.7 Å². The van der Waals surface area contributed by atoms with Gasteiger partial charge in [-0.2, -0.15) is 5.10 Å². The molecule has 8 heteroatoms. The van der Waals surface area contributed by atoms with Crippen LogP contribution in [-0.4, -0.2) is 41.3 Å². The number of aliphatic imine (C=N–C) groups is 1. The van der Waals surface area contributed by atoms with E-state index in [4.69, 9.17) is 0 Å². The zero-order valence-corrected chi connectivity index (χ0v) is 15.3. The summed E-state index contributed by atoms with van der Waals surface area (Å²) in [5, 5.41) is 13.2. The second-order valence-electron chi connectivity index (χ2n) is 5.79. The minimum Gasteiger partial charge on any atom is -0.357 e. The summed E-state index contributed by atoms with van der Waals surface area (Å²) in [6, 6.07) is 6.36. The van der Waals surface area contributed by atoms with Gasteiger partial charge in [-0.3, -0.25) is 9.48 Å². The zero-order chi connectivity index (χ0) is 18.9. The first-order valence-electron chi connectivity index (χ1n) is 8.54. The molecule has 0 fully saturated rings. The molecule has 1 aromatic heterocycles. The van der Waals surface area contributed by atoms with Gasteiger partial charge in [-0.05, 0) is 37.6 Å². The molecule has 0 saturated carbocycles. The molecule has 0 atom stereocenters. The monoisotopic (exact) mass is 360 g/mol. The van der Waals surface area contributed by atoms with E-state index < -0.39 is 0 Å². The van der Waals surface area contributed by atoms with Crippen molar-refractivity contribution < 1.29 is 9.18 Å². The van der Waals surface area contributed by atoms with Crippen LogP contribution in [0.15, 0.2) is 35.5 Å². The predicted molar refractivity (Wildman–Crippen MR) is 99.5 cm³/mol. The number of carbonyl (C=O) groups is 1. The second-order valence-corrected chi connectivity index (χ2v) is 5.79. The maximum Gasteiger partial charge on any atom is 0.251 e. The minimum atomic E-state index is -0.382. The molecule has 7 nitrogen and oxygen atoms in total. The van der Waals surface area contributed by atoms with Gasteiger partial charge in [0.1, 0.15) is 5.82 Å². The number of hydrogen-bond donors (Lipinski definition) is 3. The van der Waals surface area contributed by atoms with E-state index in [1.165, 1.54) is 6.07 Å². The highest BCUT2D eigenvalue weighted by atomic mass is 19.1. The molecule has 0 aliphatic rings. The third kappa shape index (κ3) is 5.58. The van der Waals surface area contributed by atoms with E-state index in [9.17, 15) is 9.18 Å². The van der Waals surface area contributed by atoms with E-state index in [0.29, 0.717) is 36.7 Å². The number of aryl methyl sites for hydroxylation is 2. The largest absolute Gasteiger partial charge is 0.357 e. The lowest BCUT2D eigenvalue weighted by atomic mass is 10.1. The lowest BCUT2D eigenvalue weighted by molar-refractivity contribution is 0.0954. The number of benzene rings is 1. The van der Waals surface area contributed by atoms with Gasteiger partial charge < -0.3 is 16.0 Å². The van der Waals surface area contributed by atoms with Crippen LogP contribution in [0.4, 0.5) is 4.39 Å². The molecular weight excluding hydrogens is 335 g/mol. The van der Waals surface area contributed by atoms with E-state index in [1.54, 1.807) is 29.9 Å². The number of carbonyl (C=O) groups excluding carboxylic acids is 1. The number of aromatic nitrogens is 2. The van der Waals surface area contributed by atoms with Gasteiger partial charge in [0.05, 0.1) is 12.2 Å². The third-order valence-corrected chi connectivity index (χ3v) is 3.80. The summed E-state index contributed by atoms with van der Waals surface area (Å²) in [7, 11) is 1.87. The van der Waals surface area contributed by atoms with Crippen LogP contribution in [0.3, 0.4) is 0 Å². The fraction of sp³-hybridized carbons (Fsp3) is 0.389. The summed E-state index contributed by atoms with van der Waals surface area (Å²) in [6.07, 6.45) is 1.73. The molecular formula is C18H25FN6O. The molecule has 1 aromatic carbocycles. The average molecular weight is 360 g/mol. The first-order valence-corrected chi connectivity index (χ1v) is 8.54. The maximum atomic E-state index is 13.5. The lowest BCUT2D eigenvalue weighted by Crippen LogP contribution is -2.41. The van der Waals surface area contributed by atoms with Gasteiger partial charge in [-0.25, -0.2) is 9.38 Å². The Kier molecular flexibility index (Phi) is 7.13. The number of amides is 1. The van der Waals surface area contributed by atoms with Crippen LogP contribution < -0.4 is 16.0 Å². The van der Waals surface area contributed by atoms with Crippen molar-refractivity contribution in [1.82, 2.24) is 25.7 Å². The first kappa shape index (κ1) is 19.4. The molecule has 0 saturated heterocycles. The van der Waals surface area contributed by atoms with Crippen LogP contribution in [0.25, 0.3) is 0 Å². The maximum absolute atomic E-state index is 13.5. The van der Waals surface area contributed by atoms with Crippen molar-refractivity contribution in [2.24, 2.45) is 12.0 Å². The summed E-state index contributed by atoms with van der Waals surface area (Å²) >= 11 is 0. The fourth-order valence-electron chi connectivity index (χ4n) is 2.25. The van der Waals surface area contributed by atoms with Crippen molar-refractivity contribution in [2.45, 2.75) is 20.4 Å². The Bertz CT molecular complexity index is 771. The highest BCUT2D eigenvalue weighted by molar-refractivity contribution is 5.94. The Morgan fingerprint density at radius 1 is 1.23 bits per heavy atom. The number of halogens is 1. The summed E-state index contributed by atoms with van der Waals surface area (Å²) in [5.74, 6) is -0.0284. The third-order valence-electron chi connectivity index (χ3n) is 3.80. The normalized spacial score (nSPS) is 11.3. The molecule has 1 amide bonds. The van der Waals surface area contributed by atoms with Gasteiger partial charge in [0.2, 0.25) is 0 Å². The second kappa shape index (κ2) is 9.55. The smallest absolute Gasteiger partial charge is 0.251 e. The molecule has 0 radical (unpaired) electrons. The van der Waals surface area contributed by atoms with Crippen LogP contribution in [0.5, 0.6) is 0 Å². The van der Waals surface area contributed by atoms with E-state index in [1.807, 2.05) is 20.0 Å². The Morgan fingerprint density at radius 3 is 2.65 bits per heavy atom. The lowest BCUT2D eigenvalue weighted by Gasteiger charge is -2.12. The number of rotatable bonds is 7. The quantitative estimate of drug-likeness (QED) is 0.395. The van der Waals surface area contributed by atoms with Crippen LogP contribution in [0.1, 0.15) is 28.5 Å². The Labute approximate surface area is 152 Å². The summed E-state index contributed by atoms with van der Waals surface area (Å²) in [6.45, 7) is 5.76. The van der Waals surface area contributed by atoms with Crippen LogP contribution in [-0.2, 0) is 13.6 Å². The van der Waals surface area contributed by atoms with Crippen LogP contribution >= 0.6 is 0 Å². The van der Waals surface area contributed by atoms with Crippen molar-refractivity contribution in [1.29, 1.82) is 0 Å². The topological polar surface area (TPSA) is 83.3 Å². The van der Waals surface area contributed by atoms with Gasteiger partial charge in [0, 0.05) is 38.4 Å². The molecule has 0 unspecified atom stereocenters. The molecule has 140 valence electrons. The molecule has 0 bridgehead atoms. The molecule has 0 aliphatic heterocycles. The van der Waals surface area contributed by atoms with Gasteiger partial charge in [0.25, 0.3) is 5.91 Å². The molecule has 3 N–H and O–H groups in total. The highest BCUT2D eigenvalue weighted by Crippen LogP contribution is 2.08. The molecule has 2 rings (SSSR count). The van der Waals surface area contributed by atoms with Crippen molar-refractivity contribution >= 4 is 11.9 Å². The summed E-state index contributed by atoms with van der Waals surface area (Å²) < 4.78 is 15.3. The van der Waals surface area contributed by atoms with Crippen molar-refractivity contribution in [3.63, 3.8) is 0 Å². The predicted octanol–water partition coefficient (Wildman–Crippen LogP) is 1.35. The summed E-state index contributed by atoms with van der Waals surface area (Å²) in [5.41, 5.74) is 1.82. The Morgan fingerprint density at radius 2 is 2.00 bits per heavy atom. The summed E-state index contributed by atoms with van der Waals surface area (Å²) in [4.78, 5) is 16.5. The number of nitrogens with one attached hydrogen (secondary N) is 3. The average Bonchev–Trinajstić information content (AvgIpc) is 3.03. The molecule has 0 spiro atoms. The number of nitrogens with zero attached hydrogens (tertiary/aromatic N) is 3. The molecule has 26 heavy (non-hydrogen) atoms. The minimum absolute atomic E-state index is 0.303. The Balaban J connectivity index is 1.80. The van der Waals surface area contributed by atoms with Gasteiger partial charge in [0.15, 0.2) is 5.96 Å². The first-order chi connectivity index (χ1) is 12.5. The zero-order valence-electron chi connectivity index (χ0n) is 15.3. The number of guanidine groups is 1. The van der Waals surface area contributed by atoms with E-state index in [2.05, 4.69) is 26.0 Å². The fourth-order valence-corrected chi connectivity index (χ4v) is 2.25. The Hall–Kier alpha value is -2.90. The standard InChI is InChI=1S/C18H25FN6O/c1-4-20-18(23-12-15-7-8-24-25(15)3)22-10-9-21-17(26)14-6-5-13(2)16(19)11-14/h5-8,11H,4,9-10,12H2,1-3H3,(H,21,26)(H2,20,22,23). The van der Waals surface area contributed by atoms with E-state index in [0.717, 1.165) is 12.2 Å². The molecule has 2 aromatic rings. The van der Waals surface area contributed by atoms with Crippen molar-refractivity contribution in [3.8, 4) is 0 Å². The van der Waals surface area contributed by atoms with Gasteiger partial charge >= 0.3 is 0 Å². The molecule has 0 aliphatic carbocycles. The molecule has 1 heterocycles.